The molecule has 24 heavy (non-hydrogen) atoms. The lowest BCUT2D eigenvalue weighted by Gasteiger charge is -2.20. The van der Waals surface area contributed by atoms with Crippen molar-refractivity contribution in [1.29, 1.82) is 0 Å². The summed E-state index contributed by atoms with van der Waals surface area (Å²) >= 11 is 6.77. The fourth-order valence-electron chi connectivity index (χ4n) is 1.46. The molecular formula is C17H18Br2O5. The van der Waals surface area contributed by atoms with Crippen LogP contribution in [-0.4, -0.2) is 31.3 Å². The molecule has 0 saturated carbocycles. The standard InChI is InChI=1S/C17H18Br2O5/c1-10(2)16(20)22-8-12(9-23-17(21)11(3)4)24-15-13(18)6-5-7-14(15)19/h5-7,12H,1,3,8-9H2,2,4H3. The average molecular weight is 462 g/mol. The third kappa shape index (κ3) is 6.49. The number of rotatable bonds is 8. The minimum atomic E-state index is -0.688. The van der Waals surface area contributed by atoms with E-state index in [4.69, 9.17) is 14.2 Å². The van der Waals surface area contributed by atoms with Gasteiger partial charge in [0.15, 0.2) is 6.10 Å². The summed E-state index contributed by atoms with van der Waals surface area (Å²) in [5.41, 5.74) is 0.546. The van der Waals surface area contributed by atoms with Crippen LogP contribution in [0, 0.1) is 0 Å². The molecule has 0 radical (unpaired) electrons. The fraction of sp³-hybridized carbons (Fsp3) is 0.294. The number of para-hydroxylation sites is 1. The predicted molar refractivity (Wildman–Crippen MR) is 97.8 cm³/mol. The Bertz CT molecular complexity index is 604. The first-order valence-corrected chi connectivity index (χ1v) is 8.57. The summed E-state index contributed by atoms with van der Waals surface area (Å²) in [5.74, 6) is -0.567. The Kier molecular flexibility index (Phi) is 8.21. The van der Waals surface area contributed by atoms with Gasteiger partial charge >= 0.3 is 11.9 Å². The van der Waals surface area contributed by atoms with E-state index in [0.717, 1.165) is 0 Å². The molecule has 0 aliphatic heterocycles. The lowest BCUT2D eigenvalue weighted by Crippen LogP contribution is -2.31. The van der Waals surface area contributed by atoms with Crippen molar-refractivity contribution < 1.29 is 23.8 Å². The third-order valence-electron chi connectivity index (χ3n) is 2.70. The first-order valence-electron chi connectivity index (χ1n) is 6.98. The molecule has 130 valence electrons. The molecular weight excluding hydrogens is 444 g/mol. The molecule has 1 aromatic carbocycles. The van der Waals surface area contributed by atoms with Gasteiger partial charge in [-0.3, -0.25) is 0 Å². The maximum absolute atomic E-state index is 11.6. The Labute approximate surface area is 157 Å². The minimum absolute atomic E-state index is 0.0943. The summed E-state index contributed by atoms with van der Waals surface area (Å²) in [6.07, 6.45) is -0.688. The van der Waals surface area contributed by atoms with Crippen molar-refractivity contribution in [2.45, 2.75) is 20.0 Å². The van der Waals surface area contributed by atoms with Crippen LogP contribution in [0.5, 0.6) is 5.75 Å². The van der Waals surface area contributed by atoms with Crippen LogP contribution in [0.1, 0.15) is 13.8 Å². The number of ether oxygens (including phenoxy) is 3. The maximum Gasteiger partial charge on any atom is 0.333 e. The van der Waals surface area contributed by atoms with Crippen molar-refractivity contribution >= 4 is 43.8 Å². The molecule has 0 aliphatic rings. The number of hydrogen-bond donors (Lipinski definition) is 0. The van der Waals surface area contributed by atoms with Gasteiger partial charge in [-0.2, -0.15) is 0 Å². The van der Waals surface area contributed by atoms with Gasteiger partial charge in [0.1, 0.15) is 19.0 Å². The predicted octanol–water partition coefficient (Wildman–Crippen LogP) is 4.20. The summed E-state index contributed by atoms with van der Waals surface area (Å²) in [7, 11) is 0. The largest absolute Gasteiger partial charge is 0.481 e. The van der Waals surface area contributed by atoms with E-state index in [1.807, 2.05) is 6.07 Å². The van der Waals surface area contributed by atoms with E-state index in [2.05, 4.69) is 45.0 Å². The second-order valence-electron chi connectivity index (χ2n) is 5.05. The van der Waals surface area contributed by atoms with E-state index >= 15 is 0 Å². The second-order valence-corrected chi connectivity index (χ2v) is 6.76. The molecule has 0 atom stereocenters. The highest BCUT2D eigenvalue weighted by molar-refractivity contribution is 9.11. The molecule has 7 heteroatoms. The highest BCUT2D eigenvalue weighted by Gasteiger charge is 2.19. The second kappa shape index (κ2) is 9.64. The lowest BCUT2D eigenvalue weighted by atomic mass is 10.3. The number of benzene rings is 1. The molecule has 0 heterocycles. The summed E-state index contributed by atoms with van der Waals surface area (Å²) in [4.78, 5) is 23.1. The van der Waals surface area contributed by atoms with Crippen LogP contribution >= 0.6 is 31.9 Å². The molecule has 5 nitrogen and oxygen atoms in total. The van der Waals surface area contributed by atoms with Crippen LogP contribution in [0.15, 0.2) is 51.4 Å². The van der Waals surface area contributed by atoms with Gasteiger partial charge in [0.25, 0.3) is 0 Å². The average Bonchev–Trinajstić information content (AvgIpc) is 2.51. The molecule has 0 bridgehead atoms. The first-order chi connectivity index (χ1) is 11.2. The van der Waals surface area contributed by atoms with Gasteiger partial charge in [-0.25, -0.2) is 9.59 Å². The topological polar surface area (TPSA) is 61.8 Å². The van der Waals surface area contributed by atoms with E-state index in [9.17, 15) is 9.59 Å². The first kappa shape index (κ1) is 20.4. The smallest absolute Gasteiger partial charge is 0.333 e. The van der Waals surface area contributed by atoms with E-state index in [0.29, 0.717) is 14.7 Å². The molecule has 0 spiro atoms. The molecule has 0 fully saturated rings. The number of carbonyl (C=O) groups excluding carboxylic acids is 2. The van der Waals surface area contributed by atoms with Crippen LogP contribution in [0.4, 0.5) is 0 Å². The SMILES string of the molecule is C=C(C)C(=O)OCC(COC(=O)C(=C)C)Oc1c(Br)cccc1Br. The summed E-state index contributed by atoms with van der Waals surface area (Å²) in [6.45, 7) is 9.93. The fourth-order valence-corrected chi connectivity index (χ4v) is 2.65. The molecule has 1 rings (SSSR count). The summed E-state index contributed by atoms with van der Waals surface area (Å²) < 4.78 is 17.4. The number of esters is 2. The molecule has 0 aromatic heterocycles. The number of carbonyl (C=O) groups is 2. The zero-order valence-corrected chi connectivity index (χ0v) is 16.6. The molecule has 0 unspecified atom stereocenters. The zero-order chi connectivity index (χ0) is 18.3. The number of halogens is 2. The molecule has 0 amide bonds. The Balaban J connectivity index is 2.83. The van der Waals surface area contributed by atoms with Crippen molar-refractivity contribution in [3.63, 3.8) is 0 Å². The van der Waals surface area contributed by atoms with Gasteiger partial charge < -0.3 is 14.2 Å². The van der Waals surface area contributed by atoms with Crippen molar-refractivity contribution in [3.8, 4) is 5.75 Å². The van der Waals surface area contributed by atoms with Crippen LogP contribution in [0.25, 0.3) is 0 Å². The van der Waals surface area contributed by atoms with Crippen molar-refractivity contribution in [1.82, 2.24) is 0 Å². The third-order valence-corrected chi connectivity index (χ3v) is 3.95. The normalized spacial score (nSPS) is 10.2. The van der Waals surface area contributed by atoms with Crippen LogP contribution in [0.2, 0.25) is 0 Å². The van der Waals surface area contributed by atoms with Crippen molar-refractivity contribution in [3.05, 3.63) is 51.4 Å². The Morgan fingerprint density at radius 3 is 1.79 bits per heavy atom. The van der Waals surface area contributed by atoms with E-state index in [1.54, 1.807) is 26.0 Å². The van der Waals surface area contributed by atoms with Crippen molar-refractivity contribution in [2.24, 2.45) is 0 Å². The van der Waals surface area contributed by atoms with Gasteiger partial charge in [0, 0.05) is 11.1 Å². The monoisotopic (exact) mass is 460 g/mol. The summed E-state index contributed by atoms with van der Waals surface area (Å²) in [6, 6.07) is 5.44. The quantitative estimate of drug-likeness (QED) is 0.429. The highest BCUT2D eigenvalue weighted by atomic mass is 79.9. The van der Waals surface area contributed by atoms with Gasteiger partial charge in [0.05, 0.1) is 8.95 Å². The van der Waals surface area contributed by atoms with E-state index < -0.39 is 18.0 Å². The van der Waals surface area contributed by atoms with Crippen molar-refractivity contribution in [2.75, 3.05) is 13.2 Å². The van der Waals surface area contributed by atoms with Gasteiger partial charge in [-0.15, -0.1) is 0 Å². The van der Waals surface area contributed by atoms with Gasteiger partial charge in [0.2, 0.25) is 0 Å². The molecule has 1 aromatic rings. The van der Waals surface area contributed by atoms with Crippen LogP contribution in [-0.2, 0) is 19.1 Å². The minimum Gasteiger partial charge on any atom is -0.481 e. The van der Waals surface area contributed by atoms with Crippen LogP contribution in [0.3, 0.4) is 0 Å². The van der Waals surface area contributed by atoms with Crippen LogP contribution < -0.4 is 4.74 Å². The lowest BCUT2D eigenvalue weighted by molar-refractivity contribution is -0.146. The van der Waals surface area contributed by atoms with E-state index in [1.165, 1.54) is 0 Å². The van der Waals surface area contributed by atoms with Gasteiger partial charge in [-0.05, 0) is 57.8 Å². The molecule has 0 saturated heterocycles. The molecule has 0 N–H and O–H groups in total. The highest BCUT2D eigenvalue weighted by Crippen LogP contribution is 2.33. The number of hydrogen-bond acceptors (Lipinski definition) is 5. The van der Waals surface area contributed by atoms with Gasteiger partial charge in [-0.1, -0.05) is 19.2 Å². The Morgan fingerprint density at radius 1 is 1.00 bits per heavy atom. The summed E-state index contributed by atoms with van der Waals surface area (Å²) in [5, 5.41) is 0. The zero-order valence-electron chi connectivity index (χ0n) is 13.4. The van der Waals surface area contributed by atoms with E-state index in [-0.39, 0.29) is 24.4 Å². The Hall–Kier alpha value is -1.60. The maximum atomic E-state index is 11.6. The Morgan fingerprint density at radius 2 is 1.42 bits per heavy atom. The molecule has 0 aliphatic carbocycles.